The Bertz CT molecular complexity index is 721. The summed E-state index contributed by atoms with van der Waals surface area (Å²) in [7, 11) is 0. The van der Waals surface area contributed by atoms with E-state index in [1.165, 1.54) is 4.90 Å². The van der Waals surface area contributed by atoms with Gasteiger partial charge in [0.1, 0.15) is 0 Å². The number of fused-ring (bicyclic) bond motifs is 1. The number of nitrogens with one attached hydrogen (secondary N) is 2. The van der Waals surface area contributed by atoms with Crippen LogP contribution in [0.1, 0.15) is 35.7 Å². The van der Waals surface area contributed by atoms with Crippen molar-refractivity contribution in [3.8, 4) is 0 Å². The van der Waals surface area contributed by atoms with Gasteiger partial charge in [-0.15, -0.1) is 11.8 Å². The summed E-state index contributed by atoms with van der Waals surface area (Å²) in [6.45, 7) is 7.88. The first-order valence-corrected chi connectivity index (χ1v) is 10.8. The van der Waals surface area contributed by atoms with E-state index in [-0.39, 0.29) is 24.3 Å². The van der Waals surface area contributed by atoms with Crippen LogP contribution < -0.4 is 10.6 Å². The van der Waals surface area contributed by atoms with Crippen molar-refractivity contribution in [2.75, 3.05) is 38.5 Å². The summed E-state index contributed by atoms with van der Waals surface area (Å²) >= 11 is 1.82. The molecule has 2 aliphatic rings. The second-order valence-electron chi connectivity index (χ2n) is 7.23. The van der Waals surface area contributed by atoms with Gasteiger partial charge in [-0.2, -0.15) is 0 Å². The van der Waals surface area contributed by atoms with Gasteiger partial charge in [-0.1, -0.05) is 6.07 Å². The van der Waals surface area contributed by atoms with Gasteiger partial charge >= 0.3 is 0 Å². The minimum Gasteiger partial charge on any atom is -0.332 e. The number of imide groups is 1. The highest BCUT2D eigenvalue weighted by atomic mass is 32.2. The largest absolute Gasteiger partial charge is 0.332 e. The SMILES string of the molecule is CC(CCC(=O)NC=O)N1Cc2c(SCCN3CCNCC3)cccc2C1=O. The third-order valence-corrected chi connectivity index (χ3v) is 6.45. The van der Waals surface area contributed by atoms with E-state index in [9.17, 15) is 14.4 Å². The lowest BCUT2D eigenvalue weighted by Crippen LogP contribution is -2.44. The molecule has 3 amide bonds. The number of piperazine rings is 1. The molecule has 0 radical (unpaired) electrons. The minimum atomic E-state index is -0.310. The molecule has 0 aliphatic carbocycles. The molecule has 1 aromatic rings. The first kappa shape index (κ1) is 20.8. The Kier molecular flexibility index (Phi) is 7.47. The van der Waals surface area contributed by atoms with Gasteiger partial charge in [-0.25, -0.2) is 0 Å². The highest BCUT2D eigenvalue weighted by Crippen LogP contribution is 2.33. The topological polar surface area (TPSA) is 81.8 Å². The molecule has 1 aromatic carbocycles. The van der Waals surface area contributed by atoms with Crippen LogP contribution in [-0.4, -0.2) is 72.5 Å². The maximum Gasteiger partial charge on any atom is 0.254 e. The fourth-order valence-corrected chi connectivity index (χ4v) is 4.76. The van der Waals surface area contributed by atoms with Crippen LogP contribution in [0.3, 0.4) is 0 Å². The van der Waals surface area contributed by atoms with E-state index >= 15 is 0 Å². The van der Waals surface area contributed by atoms with E-state index < -0.39 is 0 Å². The summed E-state index contributed by atoms with van der Waals surface area (Å²) in [6, 6.07) is 5.88. The van der Waals surface area contributed by atoms with Gasteiger partial charge in [0.15, 0.2) is 0 Å². The molecule has 0 spiro atoms. The predicted octanol–water partition coefficient (Wildman–Crippen LogP) is 1.08. The molecule has 2 N–H and O–H groups in total. The van der Waals surface area contributed by atoms with Gasteiger partial charge in [0, 0.05) is 67.9 Å². The Balaban J connectivity index is 1.57. The lowest BCUT2D eigenvalue weighted by Gasteiger charge is -2.27. The molecule has 0 saturated carbocycles. The van der Waals surface area contributed by atoms with Crippen LogP contribution in [0.25, 0.3) is 0 Å². The van der Waals surface area contributed by atoms with Crippen LogP contribution in [0.5, 0.6) is 0 Å². The molecule has 7 nitrogen and oxygen atoms in total. The maximum absolute atomic E-state index is 12.8. The van der Waals surface area contributed by atoms with Gasteiger partial charge in [-0.3, -0.25) is 24.6 Å². The summed E-state index contributed by atoms with van der Waals surface area (Å²) in [4.78, 5) is 40.1. The zero-order valence-electron chi connectivity index (χ0n) is 16.3. The summed E-state index contributed by atoms with van der Waals surface area (Å²) < 4.78 is 0. The Morgan fingerprint density at radius 1 is 1.36 bits per heavy atom. The molecular weight excluding hydrogens is 376 g/mol. The number of hydrogen-bond donors (Lipinski definition) is 2. The fraction of sp³-hybridized carbons (Fsp3) is 0.550. The van der Waals surface area contributed by atoms with Gasteiger partial charge in [0.2, 0.25) is 12.3 Å². The Morgan fingerprint density at radius 2 is 2.14 bits per heavy atom. The van der Waals surface area contributed by atoms with E-state index in [4.69, 9.17) is 0 Å². The number of thioether (sulfide) groups is 1. The molecule has 1 fully saturated rings. The quantitative estimate of drug-likeness (QED) is 0.474. The monoisotopic (exact) mass is 404 g/mol. The number of hydrogen-bond acceptors (Lipinski definition) is 6. The molecule has 2 aliphatic heterocycles. The zero-order chi connectivity index (χ0) is 19.9. The summed E-state index contributed by atoms with van der Waals surface area (Å²) in [5.41, 5.74) is 1.87. The van der Waals surface area contributed by atoms with E-state index in [1.807, 2.05) is 35.7 Å². The van der Waals surface area contributed by atoms with Crippen LogP contribution in [0.15, 0.2) is 23.1 Å². The van der Waals surface area contributed by atoms with Gasteiger partial charge in [0.05, 0.1) is 0 Å². The van der Waals surface area contributed by atoms with Crippen LogP contribution in [0.4, 0.5) is 0 Å². The molecule has 8 heteroatoms. The fourth-order valence-electron chi connectivity index (χ4n) is 3.67. The average molecular weight is 405 g/mol. The second-order valence-corrected chi connectivity index (χ2v) is 8.37. The number of amides is 3. The molecule has 1 saturated heterocycles. The van der Waals surface area contributed by atoms with Crippen molar-refractivity contribution in [2.45, 2.75) is 37.2 Å². The minimum absolute atomic E-state index is 0.0304. The molecule has 0 bridgehead atoms. The normalized spacial score (nSPS) is 18.0. The highest BCUT2D eigenvalue weighted by molar-refractivity contribution is 7.99. The van der Waals surface area contributed by atoms with E-state index in [2.05, 4.69) is 21.6 Å². The lowest BCUT2D eigenvalue weighted by atomic mass is 10.1. The molecular formula is C20H28N4O3S. The number of benzene rings is 1. The molecule has 152 valence electrons. The Morgan fingerprint density at radius 3 is 2.89 bits per heavy atom. The van der Waals surface area contributed by atoms with Gasteiger partial charge < -0.3 is 10.2 Å². The number of carbonyl (C=O) groups is 3. The predicted molar refractivity (Wildman–Crippen MR) is 109 cm³/mol. The Labute approximate surface area is 170 Å². The smallest absolute Gasteiger partial charge is 0.254 e. The molecule has 1 unspecified atom stereocenters. The highest BCUT2D eigenvalue weighted by Gasteiger charge is 2.32. The molecule has 28 heavy (non-hydrogen) atoms. The van der Waals surface area contributed by atoms with Crippen LogP contribution >= 0.6 is 11.8 Å². The Hall–Kier alpha value is -1.90. The lowest BCUT2D eigenvalue weighted by molar-refractivity contribution is -0.125. The average Bonchev–Trinajstić information content (AvgIpc) is 3.05. The maximum atomic E-state index is 12.8. The zero-order valence-corrected chi connectivity index (χ0v) is 17.1. The number of carbonyl (C=O) groups excluding carboxylic acids is 3. The van der Waals surface area contributed by atoms with Crippen molar-refractivity contribution in [3.05, 3.63) is 29.3 Å². The van der Waals surface area contributed by atoms with Crippen LogP contribution in [-0.2, 0) is 16.1 Å². The molecule has 1 atom stereocenters. The van der Waals surface area contributed by atoms with E-state index in [1.54, 1.807) is 0 Å². The van der Waals surface area contributed by atoms with E-state index in [0.29, 0.717) is 19.4 Å². The van der Waals surface area contributed by atoms with Crippen molar-refractivity contribution in [3.63, 3.8) is 0 Å². The first-order valence-electron chi connectivity index (χ1n) is 9.82. The van der Waals surface area contributed by atoms with Gasteiger partial charge in [0.25, 0.3) is 5.91 Å². The van der Waals surface area contributed by atoms with E-state index in [0.717, 1.165) is 49.6 Å². The first-order chi connectivity index (χ1) is 13.6. The standard InChI is InChI=1S/C20H28N4O3S/c1-15(5-6-19(26)22-14-25)24-13-17-16(20(24)27)3-2-4-18(17)28-12-11-23-9-7-21-8-10-23/h2-4,14-15,21H,5-13H2,1H3,(H,22,25,26). The third kappa shape index (κ3) is 5.12. The summed E-state index contributed by atoms with van der Waals surface area (Å²) in [6.07, 6.45) is 1.16. The second kappa shape index (κ2) is 10.0. The number of rotatable bonds is 9. The van der Waals surface area contributed by atoms with Crippen molar-refractivity contribution in [1.29, 1.82) is 0 Å². The summed E-state index contributed by atoms with van der Waals surface area (Å²) in [5, 5.41) is 5.51. The van der Waals surface area contributed by atoms with Crippen LogP contribution in [0.2, 0.25) is 0 Å². The van der Waals surface area contributed by atoms with Crippen molar-refractivity contribution >= 4 is 30.0 Å². The van der Waals surface area contributed by atoms with Crippen molar-refractivity contribution < 1.29 is 14.4 Å². The molecule has 2 heterocycles. The number of nitrogens with zero attached hydrogens (tertiary/aromatic N) is 2. The van der Waals surface area contributed by atoms with Crippen LogP contribution in [0, 0.1) is 0 Å². The molecule has 0 aromatic heterocycles. The van der Waals surface area contributed by atoms with Gasteiger partial charge in [-0.05, 0) is 31.0 Å². The third-order valence-electron chi connectivity index (χ3n) is 5.37. The van der Waals surface area contributed by atoms with Crippen molar-refractivity contribution in [2.24, 2.45) is 0 Å². The van der Waals surface area contributed by atoms with Crippen molar-refractivity contribution in [1.82, 2.24) is 20.4 Å². The summed E-state index contributed by atoms with van der Waals surface area (Å²) in [5.74, 6) is 0.726. The molecule has 3 rings (SSSR count).